The van der Waals surface area contributed by atoms with Crippen molar-refractivity contribution < 1.29 is 23.6 Å². The summed E-state index contributed by atoms with van der Waals surface area (Å²) in [6, 6.07) is 17.1. The highest BCUT2D eigenvalue weighted by Crippen LogP contribution is 2.41. The largest absolute Gasteiger partial charge is 0.424 e. The van der Waals surface area contributed by atoms with Crippen LogP contribution in [0.1, 0.15) is 5.56 Å². The van der Waals surface area contributed by atoms with Gasteiger partial charge in [-0.2, -0.15) is 0 Å². The summed E-state index contributed by atoms with van der Waals surface area (Å²) in [6.45, 7) is 0.199. The zero-order valence-corrected chi connectivity index (χ0v) is 13.8. The lowest BCUT2D eigenvalue weighted by atomic mass is 10.2. The van der Waals surface area contributed by atoms with Crippen LogP contribution in [0.25, 0.3) is 0 Å². The smallest absolute Gasteiger partial charge is 0.378 e. The van der Waals surface area contributed by atoms with Crippen LogP contribution in [0.2, 0.25) is 0 Å². The molecule has 0 aliphatic rings. The molecule has 0 radical (unpaired) electrons. The summed E-state index contributed by atoms with van der Waals surface area (Å²) in [7, 11) is -3.83. The first kappa shape index (κ1) is 18.0. The summed E-state index contributed by atoms with van der Waals surface area (Å²) in [5.41, 5.74) is 3.12. The first-order valence-electron chi connectivity index (χ1n) is 7.31. The summed E-state index contributed by atoms with van der Waals surface area (Å²) in [6.07, 6.45) is -0.214. The Labute approximate surface area is 140 Å². The lowest BCUT2D eigenvalue weighted by molar-refractivity contribution is 0.0492. The van der Waals surface area contributed by atoms with Crippen LogP contribution in [0.4, 0.5) is 4.79 Å². The maximum absolute atomic E-state index is 11.9. The van der Waals surface area contributed by atoms with Crippen molar-refractivity contribution in [3.05, 3.63) is 66.2 Å². The third-order valence-electron chi connectivity index (χ3n) is 2.92. The van der Waals surface area contributed by atoms with Crippen molar-refractivity contribution in [3.63, 3.8) is 0 Å². The molecule has 8 heteroatoms. The van der Waals surface area contributed by atoms with Crippen molar-refractivity contribution >= 4 is 13.6 Å². The maximum Gasteiger partial charge on any atom is 0.378 e. The van der Waals surface area contributed by atoms with Gasteiger partial charge in [-0.05, 0) is 17.7 Å². The molecular weight excluding hydrogens is 331 g/mol. The standard InChI is InChI=1S/C16H19N2O5P/c19-16(18-22-13-14-7-3-1-4-8-14)17-11-12-24(20,21)23-15-9-5-2-6-10-15/h1-10H,11-13H2,(H,20,21)(H2,17,18,19). The highest BCUT2D eigenvalue weighted by molar-refractivity contribution is 7.53. The summed E-state index contributed by atoms with van der Waals surface area (Å²) in [5.74, 6) is 0.305. The molecule has 2 aromatic carbocycles. The number of rotatable bonds is 8. The molecule has 3 N–H and O–H groups in total. The average Bonchev–Trinajstić information content (AvgIpc) is 2.56. The second-order valence-corrected chi connectivity index (χ2v) is 6.80. The minimum absolute atomic E-state index is 0.0266. The van der Waals surface area contributed by atoms with Gasteiger partial charge in [0.1, 0.15) is 5.75 Å². The summed E-state index contributed by atoms with van der Waals surface area (Å²) >= 11 is 0. The summed E-state index contributed by atoms with van der Waals surface area (Å²) in [5, 5.41) is 2.42. The second kappa shape index (κ2) is 9.08. The molecule has 0 bridgehead atoms. The van der Waals surface area contributed by atoms with E-state index in [9.17, 15) is 14.3 Å². The van der Waals surface area contributed by atoms with Crippen molar-refractivity contribution in [1.29, 1.82) is 0 Å². The van der Waals surface area contributed by atoms with Gasteiger partial charge in [-0.3, -0.25) is 4.84 Å². The van der Waals surface area contributed by atoms with E-state index in [-0.39, 0.29) is 19.3 Å². The van der Waals surface area contributed by atoms with E-state index in [0.29, 0.717) is 5.75 Å². The number of carbonyl (C=O) groups excluding carboxylic acids is 1. The molecule has 7 nitrogen and oxygen atoms in total. The molecule has 0 saturated heterocycles. The van der Waals surface area contributed by atoms with Crippen molar-refractivity contribution in [2.75, 3.05) is 12.7 Å². The van der Waals surface area contributed by atoms with Gasteiger partial charge in [0, 0.05) is 6.54 Å². The Morgan fingerprint density at radius 2 is 1.67 bits per heavy atom. The van der Waals surface area contributed by atoms with Crippen molar-refractivity contribution in [3.8, 4) is 5.75 Å². The maximum atomic E-state index is 11.9. The van der Waals surface area contributed by atoms with E-state index in [1.165, 1.54) is 0 Å². The number of nitrogens with one attached hydrogen (secondary N) is 2. The van der Waals surface area contributed by atoms with Crippen LogP contribution in [0.3, 0.4) is 0 Å². The summed E-state index contributed by atoms with van der Waals surface area (Å²) < 4.78 is 16.9. The topological polar surface area (TPSA) is 96.9 Å². The second-order valence-electron chi connectivity index (χ2n) is 4.90. The molecule has 0 saturated carbocycles. The first-order valence-corrected chi connectivity index (χ1v) is 9.07. The Morgan fingerprint density at radius 3 is 2.33 bits per heavy atom. The number of hydroxylamine groups is 1. The Hall–Kier alpha value is -2.34. The Morgan fingerprint density at radius 1 is 1.04 bits per heavy atom. The lowest BCUT2D eigenvalue weighted by Gasteiger charge is -2.14. The number of amides is 2. The molecule has 2 rings (SSSR count). The van der Waals surface area contributed by atoms with E-state index in [1.54, 1.807) is 30.3 Å². The number of carbonyl (C=O) groups is 1. The van der Waals surface area contributed by atoms with Gasteiger partial charge in [0.25, 0.3) is 0 Å². The molecule has 2 amide bonds. The minimum Gasteiger partial charge on any atom is -0.424 e. The third-order valence-corrected chi connectivity index (χ3v) is 4.20. The average molecular weight is 350 g/mol. The van der Waals surface area contributed by atoms with Crippen LogP contribution in [0.5, 0.6) is 5.75 Å². The predicted molar refractivity (Wildman–Crippen MR) is 89.5 cm³/mol. The fourth-order valence-electron chi connectivity index (χ4n) is 1.80. The molecule has 1 atom stereocenters. The summed E-state index contributed by atoms with van der Waals surface area (Å²) in [4.78, 5) is 26.3. The molecule has 1 unspecified atom stereocenters. The van der Waals surface area contributed by atoms with Crippen molar-refractivity contribution in [1.82, 2.24) is 10.8 Å². The van der Waals surface area contributed by atoms with Crippen LogP contribution < -0.4 is 15.3 Å². The van der Waals surface area contributed by atoms with Crippen LogP contribution in [0, 0.1) is 0 Å². The van der Waals surface area contributed by atoms with E-state index in [4.69, 9.17) is 9.36 Å². The molecule has 2 aromatic rings. The molecular formula is C16H19N2O5P. The van der Waals surface area contributed by atoms with Gasteiger partial charge in [0.05, 0.1) is 12.8 Å². The van der Waals surface area contributed by atoms with Gasteiger partial charge in [-0.25, -0.2) is 14.8 Å². The highest BCUT2D eigenvalue weighted by atomic mass is 31.2. The third kappa shape index (κ3) is 6.83. The Balaban J connectivity index is 1.64. The van der Waals surface area contributed by atoms with Gasteiger partial charge in [0.2, 0.25) is 0 Å². The minimum atomic E-state index is -3.83. The zero-order chi connectivity index (χ0) is 17.3. The highest BCUT2D eigenvalue weighted by Gasteiger charge is 2.20. The molecule has 128 valence electrons. The van der Waals surface area contributed by atoms with Crippen LogP contribution in [-0.4, -0.2) is 23.6 Å². The van der Waals surface area contributed by atoms with Crippen LogP contribution in [0.15, 0.2) is 60.7 Å². The number of benzene rings is 2. The van der Waals surface area contributed by atoms with Crippen LogP contribution in [-0.2, 0) is 16.0 Å². The molecule has 24 heavy (non-hydrogen) atoms. The zero-order valence-electron chi connectivity index (χ0n) is 12.9. The van der Waals surface area contributed by atoms with E-state index < -0.39 is 13.6 Å². The molecule has 0 heterocycles. The molecule has 0 fully saturated rings. The van der Waals surface area contributed by atoms with E-state index >= 15 is 0 Å². The fourth-order valence-corrected chi connectivity index (χ4v) is 2.73. The Bertz CT molecular complexity index is 681. The number of hydrogen-bond acceptors (Lipinski definition) is 4. The van der Waals surface area contributed by atoms with E-state index in [2.05, 4.69) is 10.8 Å². The molecule has 0 aromatic heterocycles. The van der Waals surface area contributed by atoms with Gasteiger partial charge >= 0.3 is 13.6 Å². The quantitative estimate of drug-likeness (QED) is 0.502. The Kier molecular flexibility index (Phi) is 6.81. The van der Waals surface area contributed by atoms with Gasteiger partial charge in [-0.1, -0.05) is 48.5 Å². The monoisotopic (exact) mass is 350 g/mol. The first-order chi connectivity index (χ1) is 11.6. The number of urea groups is 1. The van der Waals surface area contributed by atoms with Gasteiger partial charge in [0.15, 0.2) is 0 Å². The van der Waals surface area contributed by atoms with Crippen LogP contribution >= 0.6 is 7.60 Å². The van der Waals surface area contributed by atoms with Gasteiger partial charge < -0.3 is 14.7 Å². The van der Waals surface area contributed by atoms with Gasteiger partial charge in [-0.15, -0.1) is 0 Å². The normalized spacial score (nSPS) is 12.9. The van der Waals surface area contributed by atoms with E-state index in [1.807, 2.05) is 30.3 Å². The fraction of sp³-hybridized carbons (Fsp3) is 0.188. The van der Waals surface area contributed by atoms with E-state index in [0.717, 1.165) is 5.56 Å². The van der Waals surface area contributed by atoms with Crippen molar-refractivity contribution in [2.24, 2.45) is 0 Å². The molecule has 0 aliphatic heterocycles. The SMILES string of the molecule is O=C(NCCP(=O)(O)Oc1ccccc1)NOCc1ccccc1. The van der Waals surface area contributed by atoms with Crippen molar-refractivity contribution in [2.45, 2.75) is 6.61 Å². The lowest BCUT2D eigenvalue weighted by Crippen LogP contribution is -2.37. The molecule has 0 spiro atoms. The predicted octanol–water partition coefficient (Wildman–Crippen LogP) is 2.68. The number of hydrogen-bond donors (Lipinski definition) is 3. The number of para-hydroxylation sites is 1. The molecule has 0 aliphatic carbocycles.